The second-order valence-corrected chi connectivity index (χ2v) is 5.41. The maximum atomic E-state index is 10.4. The van der Waals surface area contributed by atoms with Gasteiger partial charge < -0.3 is 5.11 Å². The summed E-state index contributed by atoms with van der Waals surface area (Å²) >= 11 is 0. The lowest BCUT2D eigenvalue weighted by molar-refractivity contribution is 0.163. The Morgan fingerprint density at radius 2 is 2.11 bits per heavy atom. The number of aliphatic hydroxyl groups is 1. The van der Waals surface area contributed by atoms with E-state index in [1.165, 1.54) is 12.8 Å². The highest BCUT2D eigenvalue weighted by atomic mass is 16.3. The van der Waals surface area contributed by atoms with Crippen LogP contribution >= 0.6 is 0 Å². The SMILES string of the molecule is Cc1cc(C(O)CCC2CC2)c2ccccc2n1. The number of aliphatic hydroxyl groups excluding tert-OH is 1. The minimum Gasteiger partial charge on any atom is -0.388 e. The average Bonchev–Trinajstić information content (AvgIpc) is 3.19. The summed E-state index contributed by atoms with van der Waals surface area (Å²) in [5, 5.41) is 11.5. The first kappa shape index (κ1) is 11.7. The number of hydrogen-bond donors (Lipinski definition) is 1. The molecule has 1 aromatic heterocycles. The number of benzene rings is 1. The van der Waals surface area contributed by atoms with Gasteiger partial charge in [0, 0.05) is 11.1 Å². The summed E-state index contributed by atoms with van der Waals surface area (Å²) in [5.74, 6) is 0.869. The molecule has 2 heteroatoms. The van der Waals surface area contributed by atoms with Gasteiger partial charge in [-0.1, -0.05) is 31.0 Å². The molecular weight excluding hydrogens is 222 g/mol. The van der Waals surface area contributed by atoms with Crippen molar-refractivity contribution in [2.75, 3.05) is 0 Å². The fourth-order valence-corrected chi connectivity index (χ4v) is 2.57. The molecule has 1 fully saturated rings. The van der Waals surface area contributed by atoms with Gasteiger partial charge in [0.25, 0.3) is 0 Å². The third-order valence-corrected chi connectivity index (χ3v) is 3.78. The van der Waals surface area contributed by atoms with Crippen molar-refractivity contribution in [1.29, 1.82) is 0 Å². The van der Waals surface area contributed by atoms with E-state index >= 15 is 0 Å². The average molecular weight is 241 g/mol. The molecule has 1 heterocycles. The molecule has 94 valence electrons. The first-order valence-corrected chi connectivity index (χ1v) is 6.78. The Bertz CT molecular complexity index is 560. The highest BCUT2D eigenvalue weighted by Crippen LogP contribution is 2.36. The number of rotatable bonds is 4. The Hall–Kier alpha value is -1.41. The van der Waals surface area contributed by atoms with E-state index in [-0.39, 0.29) is 6.10 Å². The number of para-hydroxylation sites is 1. The van der Waals surface area contributed by atoms with Crippen molar-refractivity contribution < 1.29 is 5.11 Å². The molecule has 1 saturated carbocycles. The second-order valence-electron chi connectivity index (χ2n) is 5.41. The van der Waals surface area contributed by atoms with Crippen LogP contribution in [0.2, 0.25) is 0 Å². The third-order valence-electron chi connectivity index (χ3n) is 3.78. The van der Waals surface area contributed by atoms with Crippen molar-refractivity contribution in [2.24, 2.45) is 5.92 Å². The van der Waals surface area contributed by atoms with E-state index in [0.29, 0.717) is 0 Å². The molecule has 18 heavy (non-hydrogen) atoms. The van der Waals surface area contributed by atoms with E-state index in [9.17, 15) is 5.11 Å². The molecule has 2 aromatic rings. The molecule has 0 radical (unpaired) electrons. The van der Waals surface area contributed by atoms with Crippen molar-refractivity contribution in [2.45, 2.75) is 38.7 Å². The van der Waals surface area contributed by atoms with Gasteiger partial charge in [0.1, 0.15) is 0 Å². The van der Waals surface area contributed by atoms with E-state index < -0.39 is 0 Å². The minimum absolute atomic E-state index is 0.350. The van der Waals surface area contributed by atoms with Gasteiger partial charge in [0.2, 0.25) is 0 Å². The number of nitrogens with zero attached hydrogens (tertiary/aromatic N) is 1. The number of aryl methyl sites for hydroxylation is 1. The zero-order valence-corrected chi connectivity index (χ0v) is 10.8. The van der Waals surface area contributed by atoms with Crippen LogP contribution in [-0.2, 0) is 0 Å². The molecule has 1 aliphatic rings. The van der Waals surface area contributed by atoms with E-state index in [1.807, 2.05) is 31.2 Å². The van der Waals surface area contributed by atoms with Crippen molar-refractivity contribution in [3.8, 4) is 0 Å². The van der Waals surface area contributed by atoms with Gasteiger partial charge in [0.05, 0.1) is 11.6 Å². The quantitative estimate of drug-likeness (QED) is 0.884. The lowest BCUT2D eigenvalue weighted by Crippen LogP contribution is -2.01. The monoisotopic (exact) mass is 241 g/mol. The van der Waals surface area contributed by atoms with Gasteiger partial charge in [0.15, 0.2) is 0 Å². The molecule has 0 saturated heterocycles. The topological polar surface area (TPSA) is 33.1 Å². The van der Waals surface area contributed by atoms with Gasteiger partial charge in [-0.2, -0.15) is 0 Å². The lowest BCUT2D eigenvalue weighted by Gasteiger charge is -2.14. The Labute approximate surface area is 108 Å². The predicted molar refractivity (Wildman–Crippen MR) is 73.4 cm³/mol. The lowest BCUT2D eigenvalue weighted by atomic mass is 9.98. The van der Waals surface area contributed by atoms with Crippen LogP contribution in [0.1, 0.15) is 43.0 Å². The third kappa shape index (κ3) is 2.39. The molecule has 0 spiro atoms. The van der Waals surface area contributed by atoms with Crippen LogP contribution in [0.5, 0.6) is 0 Å². The Kier molecular flexibility index (Phi) is 3.04. The van der Waals surface area contributed by atoms with Crippen LogP contribution in [0.4, 0.5) is 0 Å². The van der Waals surface area contributed by atoms with Crippen molar-refractivity contribution in [3.63, 3.8) is 0 Å². The molecular formula is C16H19NO. The maximum absolute atomic E-state index is 10.4. The first-order valence-electron chi connectivity index (χ1n) is 6.78. The molecule has 3 rings (SSSR count). The number of fused-ring (bicyclic) bond motifs is 1. The maximum Gasteiger partial charge on any atom is 0.0797 e. The van der Waals surface area contributed by atoms with Crippen molar-refractivity contribution in [3.05, 3.63) is 41.6 Å². The Morgan fingerprint density at radius 1 is 1.33 bits per heavy atom. The number of aromatic nitrogens is 1. The fraction of sp³-hybridized carbons (Fsp3) is 0.438. The summed E-state index contributed by atoms with van der Waals surface area (Å²) in [5.41, 5.74) is 3.01. The van der Waals surface area contributed by atoms with E-state index in [2.05, 4.69) is 11.1 Å². The molecule has 0 aliphatic heterocycles. The van der Waals surface area contributed by atoms with E-state index in [0.717, 1.165) is 40.9 Å². The molecule has 0 amide bonds. The highest BCUT2D eigenvalue weighted by molar-refractivity contribution is 5.82. The smallest absolute Gasteiger partial charge is 0.0797 e. The zero-order chi connectivity index (χ0) is 12.5. The van der Waals surface area contributed by atoms with E-state index in [4.69, 9.17) is 0 Å². The fourth-order valence-electron chi connectivity index (χ4n) is 2.57. The normalized spacial score (nSPS) is 17.0. The number of pyridine rings is 1. The molecule has 2 nitrogen and oxygen atoms in total. The highest BCUT2D eigenvalue weighted by Gasteiger charge is 2.23. The number of hydrogen-bond acceptors (Lipinski definition) is 2. The Morgan fingerprint density at radius 3 is 2.89 bits per heavy atom. The van der Waals surface area contributed by atoms with Gasteiger partial charge in [-0.3, -0.25) is 4.98 Å². The molecule has 0 bridgehead atoms. The summed E-state index contributed by atoms with van der Waals surface area (Å²) < 4.78 is 0. The van der Waals surface area contributed by atoms with Crippen LogP contribution in [-0.4, -0.2) is 10.1 Å². The van der Waals surface area contributed by atoms with E-state index in [1.54, 1.807) is 0 Å². The van der Waals surface area contributed by atoms with Gasteiger partial charge >= 0.3 is 0 Å². The van der Waals surface area contributed by atoms with Crippen LogP contribution < -0.4 is 0 Å². The van der Waals surface area contributed by atoms with Crippen LogP contribution in [0.25, 0.3) is 10.9 Å². The minimum atomic E-state index is -0.350. The molecule has 1 aliphatic carbocycles. The van der Waals surface area contributed by atoms with Crippen LogP contribution in [0.3, 0.4) is 0 Å². The molecule has 1 N–H and O–H groups in total. The zero-order valence-electron chi connectivity index (χ0n) is 10.8. The van der Waals surface area contributed by atoms with Crippen molar-refractivity contribution in [1.82, 2.24) is 4.98 Å². The largest absolute Gasteiger partial charge is 0.388 e. The Balaban J connectivity index is 1.92. The molecule has 1 atom stereocenters. The summed E-state index contributed by atoms with van der Waals surface area (Å²) in [4.78, 5) is 4.52. The van der Waals surface area contributed by atoms with Crippen LogP contribution in [0, 0.1) is 12.8 Å². The van der Waals surface area contributed by atoms with Gasteiger partial charge in [-0.15, -0.1) is 0 Å². The molecule has 1 aromatic carbocycles. The van der Waals surface area contributed by atoms with Gasteiger partial charge in [-0.25, -0.2) is 0 Å². The summed E-state index contributed by atoms with van der Waals surface area (Å²) in [6.45, 7) is 1.99. The van der Waals surface area contributed by atoms with Gasteiger partial charge in [-0.05, 0) is 43.4 Å². The summed E-state index contributed by atoms with van der Waals surface area (Å²) in [7, 11) is 0. The molecule has 1 unspecified atom stereocenters. The first-order chi connectivity index (χ1) is 8.74. The second kappa shape index (κ2) is 4.69. The van der Waals surface area contributed by atoms with Crippen molar-refractivity contribution >= 4 is 10.9 Å². The predicted octanol–water partition coefficient (Wildman–Crippen LogP) is 3.77. The van der Waals surface area contributed by atoms with Crippen LogP contribution in [0.15, 0.2) is 30.3 Å². The summed E-state index contributed by atoms with van der Waals surface area (Å²) in [6, 6.07) is 10.1. The summed E-state index contributed by atoms with van der Waals surface area (Å²) in [6.07, 6.45) is 4.37. The standard InChI is InChI=1S/C16H19NO/c1-11-10-14(16(18)9-8-12-6-7-12)13-4-2-3-5-15(13)17-11/h2-5,10,12,16,18H,6-9H2,1H3.